The van der Waals surface area contributed by atoms with Crippen molar-refractivity contribution in [2.75, 3.05) is 0 Å². The van der Waals surface area contributed by atoms with Crippen molar-refractivity contribution < 1.29 is 9.53 Å². The van der Waals surface area contributed by atoms with Crippen LogP contribution >= 0.6 is 0 Å². The number of amides is 1. The maximum atomic E-state index is 11.1. The second kappa shape index (κ2) is 4.62. The Kier molecular flexibility index (Phi) is 3.48. The SMILES string of the molecule is CC(C)Oc1ccc(C(=O)NN)cc1. The van der Waals surface area contributed by atoms with Gasteiger partial charge in [0.1, 0.15) is 5.75 Å². The maximum Gasteiger partial charge on any atom is 0.265 e. The van der Waals surface area contributed by atoms with Crippen molar-refractivity contribution in [3.8, 4) is 5.75 Å². The van der Waals surface area contributed by atoms with E-state index in [2.05, 4.69) is 5.43 Å². The summed E-state index contributed by atoms with van der Waals surface area (Å²) < 4.78 is 5.42. The standard InChI is InChI=1S/C10H14N2O2/c1-7(2)14-9-5-3-8(4-6-9)10(13)12-11/h3-7H,11H2,1-2H3,(H,12,13). The third kappa shape index (κ3) is 2.74. The van der Waals surface area contributed by atoms with Gasteiger partial charge in [-0.2, -0.15) is 0 Å². The molecule has 0 saturated heterocycles. The van der Waals surface area contributed by atoms with Crippen molar-refractivity contribution in [3.63, 3.8) is 0 Å². The maximum absolute atomic E-state index is 11.1. The van der Waals surface area contributed by atoms with E-state index >= 15 is 0 Å². The lowest BCUT2D eigenvalue weighted by Gasteiger charge is -2.09. The molecular weight excluding hydrogens is 180 g/mol. The number of carbonyl (C=O) groups is 1. The lowest BCUT2D eigenvalue weighted by atomic mass is 10.2. The summed E-state index contributed by atoms with van der Waals surface area (Å²) in [5.74, 6) is 5.43. The van der Waals surface area contributed by atoms with Gasteiger partial charge in [-0.25, -0.2) is 5.84 Å². The summed E-state index contributed by atoms with van der Waals surface area (Å²) in [7, 11) is 0. The summed E-state index contributed by atoms with van der Waals surface area (Å²) >= 11 is 0. The van der Waals surface area contributed by atoms with E-state index in [9.17, 15) is 4.79 Å². The van der Waals surface area contributed by atoms with Gasteiger partial charge in [0, 0.05) is 5.56 Å². The molecule has 1 aromatic rings. The highest BCUT2D eigenvalue weighted by atomic mass is 16.5. The Hall–Kier alpha value is -1.55. The highest BCUT2D eigenvalue weighted by Crippen LogP contribution is 2.13. The van der Waals surface area contributed by atoms with Crippen LogP contribution in [0.5, 0.6) is 5.75 Å². The number of nitrogen functional groups attached to an aromatic ring is 1. The quantitative estimate of drug-likeness (QED) is 0.430. The lowest BCUT2D eigenvalue weighted by molar-refractivity contribution is 0.0953. The Labute approximate surface area is 83.0 Å². The van der Waals surface area contributed by atoms with E-state index in [1.54, 1.807) is 24.3 Å². The zero-order valence-electron chi connectivity index (χ0n) is 8.28. The summed E-state index contributed by atoms with van der Waals surface area (Å²) in [6.07, 6.45) is 0.129. The Balaban J connectivity index is 2.73. The van der Waals surface area contributed by atoms with Crippen molar-refractivity contribution in [1.82, 2.24) is 5.43 Å². The van der Waals surface area contributed by atoms with Crippen molar-refractivity contribution in [3.05, 3.63) is 29.8 Å². The summed E-state index contributed by atoms with van der Waals surface area (Å²) in [6, 6.07) is 6.81. The topological polar surface area (TPSA) is 64.3 Å². The Morgan fingerprint density at radius 2 is 1.93 bits per heavy atom. The fourth-order valence-electron chi connectivity index (χ4n) is 1.04. The second-order valence-electron chi connectivity index (χ2n) is 3.16. The summed E-state index contributed by atoms with van der Waals surface area (Å²) in [5.41, 5.74) is 2.58. The molecule has 0 atom stereocenters. The molecule has 0 fully saturated rings. The molecule has 0 aliphatic rings. The van der Waals surface area contributed by atoms with Gasteiger partial charge in [-0.1, -0.05) is 0 Å². The molecule has 0 aromatic heterocycles. The molecule has 0 unspecified atom stereocenters. The van der Waals surface area contributed by atoms with Gasteiger partial charge >= 0.3 is 0 Å². The minimum atomic E-state index is -0.305. The number of rotatable bonds is 3. The molecule has 0 saturated carbocycles. The Morgan fingerprint density at radius 3 is 2.36 bits per heavy atom. The van der Waals surface area contributed by atoms with E-state index in [0.29, 0.717) is 5.56 Å². The highest BCUT2D eigenvalue weighted by Gasteiger charge is 2.03. The van der Waals surface area contributed by atoms with Crippen LogP contribution in [0.3, 0.4) is 0 Å². The molecule has 0 heterocycles. The molecule has 76 valence electrons. The zero-order valence-corrected chi connectivity index (χ0v) is 8.28. The Morgan fingerprint density at radius 1 is 1.36 bits per heavy atom. The van der Waals surface area contributed by atoms with Gasteiger partial charge in [0.2, 0.25) is 0 Å². The van der Waals surface area contributed by atoms with Crippen LogP contribution in [0.4, 0.5) is 0 Å². The van der Waals surface area contributed by atoms with Crippen LogP contribution in [-0.2, 0) is 0 Å². The van der Waals surface area contributed by atoms with Crippen molar-refractivity contribution in [2.24, 2.45) is 5.84 Å². The van der Waals surface area contributed by atoms with Crippen LogP contribution in [0.25, 0.3) is 0 Å². The first-order valence-electron chi connectivity index (χ1n) is 4.41. The number of hydrogen-bond acceptors (Lipinski definition) is 3. The molecule has 1 aromatic carbocycles. The number of benzene rings is 1. The van der Waals surface area contributed by atoms with Crippen molar-refractivity contribution >= 4 is 5.91 Å². The van der Waals surface area contributed by atoms with Crippen LogP contribution in [0.15, 0.2) is 24.3 Å². The average Bonchev–Trinajstić information content (AvgIpc) is 2.17. The number of nitrogens with one attached hydrogen (secondary N) is 1. The molecule has 0 spiro atoms. The van der Waals surface area contributed by atoms with Gasteiger partial charge in [0.05, 0.1) is 6.10 Å². The van der Waals surface area contributed by atoms with Gasteiger partial charge in [-0.05, 0) is 38.1 Å². The smallest absolute Gasteiger partial charge is 0.265 e. The van der Waals surface area contributed by atoms with E-state index in [-0.39, 0.29) is 12.0 Å². The third-order valence-electron chi connectivity index (χ3n) is 1.62. The highest BCUT2D eigenvalue weighted by molar-refractivity contribution is 5.93. The largest absolute Gasteiger partial charge is 0.491 e. The first-order valence-corrected chi connectivity index (χ1v) is 4.41. The number of ether oxygens (including phenoxy) is 1. The van der Waals surface area contributed by atoms with Crippen LogP contribution in [0.2, 0.25) is 0 Å². The fourth-order valence-corrected chi connectivity index (χ4v) is 1.04. The molecule has 0 aliphatic heterocycles. The number of hydrazine groups is 1. The first kappa shape index (κ1) is 10.5. The molecule has 0 aliphatic carbocycles. The number of nitrogens with two attached hydrogens (primary N) is 1. The third-order valence-corrected chi connectivity index (χ3v) is 1.62. The molecule has 4 nitrogen and oxygen atoms in total. The van der Waals surface area contributed by atoms with Crippen LogP contribution < -0.4 is 16.0 Å². The van der Waals surface area contributed by atoms with Gasteiger partial charge in [-0.15, -0.1) is 0 Å². The van der Waals surface area contributed by atoms with Crippen molar-refractivity contribution in [1.29, 1.82) is 0 Å². The molecule has 0 bridgehead atoms. The molecule has 3 N–H and O–H groups in total. The van der Waals surface area contributed by atoms with E-state index in [1.807, 2.05) is 13.8 Å². The van der Waals surface area contributed by atoms with Gasteiger partial charge in [-0.3, -0.25) is 10.2 Å². The second-order valence-corrected chi connectivity index (χ2v) is 3.16. The predicted octanol–water partition coefficient (Wildman–Crippen LogP) is 1.08. The van der Waals surface area contributed by atoms with E-state index in [4.69, 9.17) is 10.6 Å². The minimum absolute atomic E-state index is 0.129. The normalized spacial score (nSPS) is 10.0. The van der Waals surface area contributed by atoms with Gasteiger partial charge in [0.15, 0.2) is 0 Å². The molecule has 0 radical (unpaired) electrons. The summed E-state index contributed by atoms with van der Waals surface area (Å²) in [4.78, 5) is 11.1. The van der Waals surface area contributed by atoms with Gasteiger partial charge in [0.25, 0.3) is 5.91 Å². The monoisotopic (exact) mass is 194 g/mol. The van der Waals surface area contributed by atoms with Crippen LogP contribution in [0.1, 0.15) is 24.2 Å². The minimum Gasteiger partial charge on any atom is -0.491 e. The van der Waals surface area contributed by atoms with E-state index < -0.39 is 0 Å². The van der Waals surface area contributed by atoms with Crippen LogP contribution in [0, 0.1) is 0 Å². The van der Waals surface area contributed by atoms with Gasteiger partial charge < -0.3 is 4.74 Å². The molecular formula is C10H14N2O2. The molecule has 1 amide bonds. The molecule has 4 heteroatoms. The van der Waals surface area contributed by atoms with E-state index in [0.717, 1.165) is 5.75 Å². The first-order chi connectivity index (χ1) is 6.63. The molecule has 1 rings (SSSR count). The summed E-state index contributed by atoms with van der Waals surface area (Å²) in [5, 5.41) is 0. The number of hydrogen-bond donors (Lipinski definition) is 2. The zero-order chi connectivity index (χ0) is 10.6. The van der Waals surface area contributed by atoms with E-state index in [1.165, 1.54) is 0 Å². The molecule has 14 heavy (non-hydrogen) atoms. The lowest BCUT2D eigenvalue weighted by Crippen LogP contribution is -2.29. The van der Waals surface area contributed by atoms with Crippen molar-refractivity contribution in [2.45, 2.75) is 20.0 Å². The summed E-state index contributed by atoms with van der Waals surface area (Å²) in [6.45, 7) is 3.89. The Bertz CT molecular complexity index is 306. The van der Waals surface area contributed by atoms with Crippen LogP contribution in [-0.4, -0.2) is 12.0 Å². The average molecular weight is 194 g/mol. The predicted molar refractivity (Wildman–Crippen MR) is 53.9 cm³/mol. The number of carbonyl (C=O) groups excluding carboxylic acids is 1. The fraction of sp³-hybridized carbons (Fsp3) is 0.300.